The van der Waals surface area contributed by atoms with Crippen LogP contribution in [0.25, 0.3) is 0 Å². The summed E-state index contributed by atoms with van der Waals surface area (Å²) in [6.45, 7) is 3.54. The maximum Gasteiger partial charge on any atom is 0.0592 e. The third-order valence-electron chi connectivity index (χ3n) is 2.83. The van der Waals surface area contributed by atoms with Crippen LogP contribution in [0.4, 0.5) is 0 Å². The molecule has 2 saturated heterocycles. The third kappa shape index (κ3) is 1.06. The van der Waals surface area contributed by atoms with Gasteiger partial charge in [0.1, 0.15) is 0 Å². The lowest BCUT2D eigenvalue weighted by molar-refractivity contribution is 0.000185. The maximum atomic E-state index is 9.49. The molecule has 0 aromatic carbocycles. The van der Waals surface area contributed by atoms with Gasteiger partial charge in [-0.25, -0.2) is 0 Å². The number of aliphatic hydroxyl groups is 1. The van der Waals surface area contributed by atoms with Crippen molar-refractivity contribution < 1.29 is 5.11 Å². The molecule has 58 valence electrons. The number of piperidine rings is 2. The van der Waals surface area contributed by atoms with Gasteiger partial charge in [-0.2, -0.15) is 0 Å². The lowest BCUT2D eigenvalue weighted by atomic mass is 9.87. The van der Waals surface area contributed by atoms with Gasteiger partial charge in [0.25, 0.3) is 0 Å². The summed E-state index contributed by atoms with van der Waals surface area (Å²) in [4.78, 5) is 2.47. The van der Waals surface area contributed by atoms with Crippen molar-refractivity contribution in [3.8, 4) is 0 Å². The van der Waals surface area contributed by atoms with Crippen molar-refractivity contribution >= 4 is 0 Å². The molecule has 2 rings (SSSR count). The highest BCUT2D eigenvalue weighted by Crippen LogP contribution is 2.25. The van der Waals surface area contributed by atoms with Crippen molar-refractivity contribution in [2.75, 3.05) is 19.6 Å². The van der Waals surface area contributed by atoms with Crippen LogP contribution >= 0.6 is 0 Å². The normalized spacial score (nSPS) is 47.1. The highest BCUT2D eigenvalue weighted by molar-refractivity contribution is 4.83. The number of hydrogen-bond acceptors (Lipinski definition) is 2. The van der Waals surface area contributed by atoms with E-state index in [-0.39, 0.29) is 6.10 Å². The lowest BCUT2D eigenvalue weighted by Crippen LogP contribution is -2.46. The fourth-order valence-corrected chi connectivity index (χ4v) is 2.16. The van der Waals surface area contributed by atoms with Crippen LogP contribution in [-0.2, 0) is 0 Å². The first-order valence-electron chi connectivity index (χ1n) is 4.26. The smallest absolute Gasteiger partial charge is 0.0592 e. The molecule has 0 aromatic heterocycles. The Labute approximate surface area is 61.8 Å². The molecule has 1 N–H and O–H groups in total. The molecule has 2 bridgehead atoms. The van der Waals surface area contributed by atoms with Gasteiger partial charge in [-0.05, 0) is 31.7 Å². The Morgan fingerprint density at radius 3 is 2.90 bits per heavy atom. The van der Waals surface area contributed by atoms with Crippen molar-refractivity contribution in [1.29, 1.82) is 0 Å². The van der Waals surface area contributed by atoms with E-state index < -0.39 is 0 Å². The van der Waals surface area contributed by atoms with Gasteiger partial charge >= 0.3 is 0 Å². The minimum absolute atomic E-state index is 0.0107. The summed E-state index contributed by atoms with van der Waals surface area (Å²) >= 11 is 0. The Bertz CT molecular complexity index is 124. The van der Waals surface area contributed by atoms with Gasteiger partial charge in [-0.1, -0.05) is 0 Å². The molecule has 1 unspecified atom stereocenters. The first-order valence-corrected chi connectivity index (χ1v) is 4.26. The highest BCUT2D eigenvalue weighted by atomic mass is 16.3. The van der Waals surface area contributed by atoms with Crippen LogP contribution in [-0.4, -0.2) is 35.7 Å². The lowest BCUT2D eigenvalue weighted by Gasteiger charge is -2.40. The first kappa shape index (κ1) is 6.62. The summed E-state index contributed by atoms with van der Waals surface area (Å²) in [6, 6.07) is 0. The van der Waals surface area contributed by atoms with E-state index in [0.29, 0.717) is 5.92 Å². The molecule has 2 aliphatic heterocycles. The SMILES string of the molecule is O[C@H]1CCN2CCC[C@H]1C2. The van der Waals surface area contributed by atoms with Crippen LogP contribution in [0, 0.1) is 5.92 Å². The number of fused-ring (bicyclic) bond motifs is 2. The topological polar surface area (TPSA) is 23.5 Å². The maximum absolute atomic E-state index is 9.49. The second-order valence-corrected chi connectivity index (χ2v) is 3.56. The Kier molecular flexibility index (Phi) is 1.66. The third-order valence-corrected chi connectivity index (χ3v) is 2.83. The second-order valence-electron chi connectivity index (χ2n) is 3.56. The van der Waals surface area contributed by atoms with Crippen LogP contribution in [0.1, 0.15) is 19.3 Å². The molecule has 2 nitrogen and oxygen atoms in total. The van der Waals surface area contributed by atoms with Crippen molar-refractivity contribution in [2.24, 2.45) is 5.92 Å². The van der Waals surface area contributed by atoms with Crippen LogP contribution in [0.15, 0.2) is 0 Å². The Morgan fingerprint density at radius 1 is 1.20 bits per heavy atom. The van der Waals surface area contributed by atoms with Crippen LogP contribution < -0.4 is 0 Å². The van der Waals surface area contributed by atoms with Crippen LogP contribution in [0.5, 0.6) is 0 Å². The van der Waals surface area contributed by atoms with E-state index in [1.807, 2.05) is 0 Å². The second kappa shape index (κ2) is 2.51. The van der Waals surface area contributed by atoms with Crippen LogP contribution in [0.3, 0.4) is 0 Å². The summed E-state index contributed by atoms with van der Waals surface area (Å²) in [7, 11) is 0. The van der Waals surface area contributed by atoms with Crippen molar-refractivity contribution in [3.05, 3.63) is 0 Å². The fourth-order valence-electron chi connectivity index (χ4n) is 2.16. The molecule has 10 heavy (non-hydrogen) atoms. The Hall–Kier alpha value is -0.0800. The molecular formula is C8H15NO. The molecule has 0 saturated carbocycles. The van der Waals surface area contributed by atoms with Crippen molar-refractivity contribution in [2.45, 2.75) is 25.4 Å². The van der Waals surface area contributed by atoms with Gasteiger partial charge < -0.3 is 10.0 Å². The molecule has 2 fully saturated rings. The summed E-state index contributed by atoms with van der Waals surface area (Å²) in [6.07, 6.45) is 3.56. The van der Waals surface area contributed by atoms with Gasteiger partial charge in [0.15, 0.2) is 0 Å². The summed E-state index contributed by atoms with van der Waals surface area (Å²) in [5.74, 6) is 0.600. The van der Waals surface area contributed by atoms with E-state index in [2.05, 4.69) is 4.90 Å². The molecule has 2 aliphatic rings. The zero-order chi connectivity index (χ0) is 6.97. The predicted octanol–water partition coefficient (Wildman–Crippen LogP) is 0.463. The summed E-state index contributed by atoms with van der Waals surface area (Å²) in [5.41, 5.74) is 0. The van der Waals surface area contributed by atoms with Crippen molar-refractivity contribution in [3.63, 3.8) is 0 Å². The number of rotatable bonds is 0. The average Bonchev–Trinajstić information content (AvgIpc) is 1.99. The molecule has 2 heterocycles. The molecule has 0 amide bonds. The molecule has 0 aromatic rings. The zero-order valence-corrected chi connectivity index (χ0v) is 6.29. The molecule has 0 spiro atoms. The van der Waals surface area contributed by atoms with Gasteiger partial charge in [0.05, 0.1) is 6.10 Å². The predicted molar refractivity (Wildman–Crippen MR) is 39.8 cm³/mol. The number of hydrogen-bond donors (Lipinski definition) is 1. The van der Waals surface area contributed by atoms with E-state index in [9.17, 15) is 5.11 Å². The van der Waals surface area contributed by atoms with E-state index in [0.717, 1.165) is 19.5 Å². The fraction of sp³-hybridized carbons (Fsp3) is 1.00. The van der Waals surface area contributed by atoms with E-state index in [1.54, 1.807) is 0 Å². The molecular weight excluding hydrogens is 126 g/mol. The standard InChI is InChI=1S/C8H15NO/c10-8-3-5-9-4-1-2-7(8)6-9/h7-8,10H,1-6H2/t7-,8-/m0/s1. The minimum Gasteiger partial charge on any atom is -0.393 e. The van der Waals surface area contributed by atoms with Gasteiger partial charge in [0, 0.05) is 13.1 Å². The van der Waals surface area contributed by atoms with E-state index >= 15 is 0 Å². The molecule has 0 radical (unpaired) electrons. The molecule has 3 atom stereocenters. The summed E-state index contributed by atoms with van der Waals surface area (Å²) in [5, 5.41) is 9.49. The van der Waals surface area contributed by atoms with Crippen molar-refractivity contribution in [1.82, 2.24) is 4.90 Å². The zero-order valence-electron chi connectivity index (χ0n) is 6.29. The van der Waals surface area contributed by atoms with E-state index in [4.69, 9.17) is 0 Å². The molecule has 0 aliphatic carbocycles. The molecule has 2 heteroatoms. The average molecular weight is 141 g/mol. The Morgan fingerprint density at radius 2 is 2.10 bits per heavy atom. The van der Waals surface area contributed by atoms with Gasteiger partial charge in [-0.3, -0.25) is 0 Å². The number of aliphatic hydroxyl groups excluding tert-OH is 1. The van der Waals surface area contributed by atoms with Crippen LogP contribution in [0.2, 0.25) is 0 Å². The largest absolute Gasteiger partial charge is 0.393 e. The quantitative estimate of drug-likeness (QED) is 0.530. The van der Waals surface area contributed by atoms with Gasteiger partial charge in [-0.15, -0.1) is 0 Å². The van der Waals surface area contributed by atoms with E-state index in [1.165, 1.54) is 19.4 Å². The summed E-state index contributed by atoms with van der Waals surface area (Å²) < 4.78 is 0. The number of nitrogens with zero attached hydrogens (tertiary/aromatic N) is 1. The minimum atomic E-state index is 0.0107. The monoisotopic (exact) mass is 141 g/mol. The van der Waals surface area contributed by atoms with Gasteiger partial charge in [0.2, 0.25) is 0 Å². The first-order chi connectivity index (χ1) is 4.86. The Balaban J connectivity index is 2.00. The highest BCUT2D eigenvalue weighted by Gasteiger charge is 2.30.